The summed E-state index contributed by atoms with van der Waals surface area (Å²) in [7, 11) is 0. The van der Waals surface area contributed by atoms with Crippen molar-refractivity contribution in [1.29, 1.82) is 0 Å². The number of amides is 1. The molecule has 1 amide bonds. The summed E-state index contributed by atoms with van der Waals surface area (Å²) in [5, 5.41) is 10.7. The highest BCUT2D eigenvalue weighted by molar-refractivity contribution is 5.96. The molecule has 6 nitrogen and oxygen atoms in total. The van der Waals surface area contributed by atoms with Crippen molar-refractivity contribution in [2.24, 2.45) is 0 Å². The first kappa shape index (κ1) is 17.2. The zero-order valence-electron chi connectivity index (χ0n) is 12.5. The zero-order chi connectivity index (χ0) is 17.2. The van der Waals surface area contributed by atoms with E-state index in [0.717, 1.165) is 18.7 Å². The van der Waals surface area contributed by atoms with Crippen LogP contribution >= 0.6 is 0 Å². The fraction of sp³-hybridized carbons (Fsp3) is 0.500. The monoisotopic (exact) mass is 331 g/mol. The molecule has 1 fully saturated rings. The van der Waals surface area contributed by atoms with E-state index < -0.39 is 33.8 Å². The highest BCUT2D eigenvalue weighted by atomic mass is 19.4. The molecule has 1 aromatic carbocycles. The minimum Gasteiger partial charge on any atom is -0.336 e. The number of carbonyl (C=O) groups is 1. The van der Waals surface area contributed by atoms with Crippen molar-refractivity contribution in [2.75, 3.05) is 32.7 Å². The number of halogens is 3. The lowest BCUT2D eigenvalue weighted by molar-refractivity contribution is -0.385. The zero-order valence-corrected chi connectivity index (χ0v) is 12.5. The second kappa shape index (κ2) is 6.53. The molecular weight excluding hydrogens is 315 g/mol. The maximum absolute atomic E-state index is 13.1. The number of alkyl halides is 3. The van der Waals surface area contributed by atoms with Gasteiger partial charge in [0.1, 0.15) is 0 Å². The molecule has 0 atom stereocenters. The van der Waals surface area contributed by atoms with E-state index in [1.165, 1.54) is 4.90 Å². The van der Waals surface area contributed by atoms with Crippen LogP contribution in [0.1, 0.15) is 22.8 Å². The van der Waals surface area contributed by atoms with E-state index in [-0.39, 0.29) is 0 Å². The predicted molar refractivity (Wildman–Crippen MR) is 76.1 cm³/mol. The third kappa shape index (κ3) is 3.79. The maximum atomic E-state index is 13.1. The second-order valence-electron chi connectivity index (χ2n) is 5.21. The molecule has 126 valence electrons. The van der Waals surface area contributed by atoms with Gasteiger partial charge in [-0.3, -0.25) is 14.9 Å². The average molecular weight is 331 g/mol. The fourth-order valence-electron chi connectivity index (χ4n) is 2.50. The number of carbonyl (C=O) groups excluding carboxylic acids is 1. The Morgan fingerprint density at radius 3 is 2.35 bits per heavy atom. The van der Waals surface area contributed by atoms with Crippen molar-refractivity contribution in [3.05, 3.63) is 39.4 Å². The van der Waals surface area contributed by atoms with E-state index in [9.17, 15) is 28.1 Å². The first-order valence-corrected chi connectivity index (χ1v) is 7.11. The molecule has 0 saturated carbocycles. The molecule has 1 aliphatic heterocycles. The van der Waals surface area contributed by atoms with Gasteiger partial charge in [-0.05, 0) is 12.6 Å². The van der Waals surface area contributed by atoms with Crippen molar-refractivity contribution in [1.82, 2.24) is 9.80 Å². The first-order valence-electron chi connectivity index (χ1n) is 7.11. The highest BCUT2D eigenvalue weighted by Crippen LogP contribution is 2.35. The van der Waals surface area contributed by atoms with Crippen LogP contribution in [0, 0.1) is 10.1 Å². The first-order chi connectivity index (χ1) is 10.7. The third-order valence-corrected chi connectivity index (χ3v) is 3.86. The van der Waals surface area contributed by atoms with Crippen LogP contribution in [0.15, 0.2) is 18.2 Å². The van der Waals surface area contributed by atoms with Crippen LogP contribution in [0.4, 0.5) is 18.9 Å². The van der Waals surface area contributed by atoms with Crippen molar-refractivity contribution < 1.29 is 22.9 Å². The molecule has 0 aliphatic carbocycles. The summed E-state index contributed by atoms with van der Waals surface area (Å²) in [6, 6.07) is 2.22. The van der Waals surface area contributed by atoms with Crippen LogP contribution < -0.4 is 0 Å². The minimum atomic E-state index is -4.83. The molecule has 1 aliphatic rings. The maximum Gasteiger partial charge on any atom is 0.417 e. The van der Waals surface area contributed by atoms with Gasteiger partial charge < -0.3 is 9.80 Å². The standard InChI is InChI=1S/C14H16F3N3O3/c1-2-18-5-7-19(8-6-18)13(21)11-4-3-10(20(22)23)9-12(11)14(15,16)17/h3-4,9H,2,5-8H2,1H3. The Morgan fingerprint density at radius 2 is 1.87 bits per heavy atom. The molecular formula is C14H16F3N3O3. The Bertz CT molecular complexity index is 611. The molecule has 1 aromatic rings. The smallest absolute Gasteiger partial charge is 0.336 e. The predicted octanol–water partition coefficient (Wildman–Crippen LogP) is 2.39. The molecule has 2 rings (SSSR count). The van der Waals surface area contributed by atoms with Crippen molar-refractivity contribution in [3.63, 3.8) is 0 Å². The van der Waals surface area contributed by atoms with E-state index in [0.29, 0.717) is 32.2 Å². The quantitative estimate of drug-likeness (QED) is 0.630. The van der Waals surface area contributed by atoms with Crippen LogP contribution in [0.25, 0.3) is 0 Å². The van der Waals surface area contributed by atoms with Crippen LogP contribution in [0.5, 0.6) is 0 Å². The summed E-state index contributed by atoms with van der Waals surface area (Å²) >= 11 is 0. The van der Waals surface area contributed by atoms with Crippen molar-refractivity contribution >= 4 is 11.6 Å². The second-order valence-corrected chi connectivity index (χ2v) is 5.21. The molecule has 1 heterocycles. The summed E-state index contributed by atoms with van der Waals surface area (Å²) in [4.78, 5) is 25.6. The van der Waals surface area contributed by atoms with Crippen molar-refractivity contribution in [2.45, 2.75) is 13.1 Å². The number of hydrogen-bond donors (Lipinski definition) is 0. The van der Waals surface area contributed by atoms with Gasteiger partial charge in [-0.15, -0.1) is 0 Å². The number of hydrogen-bond acceptors (Lipinski definition) is 4. The van der Waals surface area contributed by atoms with Crippen LogP contribution in [0.3, 0.4) is 0 Å². The number of nitro benzene ring substituents is 1. The molecule has 1 saturated heterocycles. The summed E-state index contributed by atoms with van der Waals surface area (Å²) in [5.74, 6) is -0.747. The van der Waals surface area contributed by atoms with Gasteiger partial charge >= 0.3 is 6.18 Å². The van der Waals surface area contributed by atoms with E-state index in [1.807, 2.05) is 6.92 Å². The average Bonchev–Trinajstić information content (AvgIpc) is 2.52. The lowest BCUT2D eigenvalue weighted by Gasteiger charge is -2.34. The van der Waals surface area contributed by atoms with Gasteiger partial charge in [0.25, 0.3) is 11.6 Å². The summed E-state index contributed by atoms with van der Waals surface area (Å²) in [5.41, 5.74) is -2.51. The van der Waals surface area contributed by atoms with Gasteiger partial charge in [-0.25, -0.2) is 0 Å². The van der Waals surface area contributed by atoms with E-state index in [4.69, 9.17) is 0 Å². The Kier molecular flexibility index (Phi) is 4.88. The number of benzene rings is 1. The Morgan fingerprint density at radius 1 is 1.26 bits per heavy atom. The SMILES string of the molecule is CCN1CCN(C(=O)c2ccc([N+](=O)[O-])cc2C(F)(F)F)CC1. The molecule has 0 N–H and O–H groups in total. The van der Waals surface area contributed by atoms with Gasteiger partial charge in [0.15, 0.2) is 0 Å². The van der Waals surface area contributed by atoms with Crippen LogP contribution in [-0.4, -0.2) is 53.4 Å². The van der Waals surface area contributed by atoms with E-state index >= 15 is 0 Å². The van der Waals surface area contributed by atoms with E-state index in [2.05, 4.69) is 4.90 Å². The van der Waals surface area contributed by atoms with Crippen LogP contribution in [-0.2, 0) is 6.18 Å². The van der Waals surface area contributed by atoms with Gasteiger partial charge in [-0.1, -0.05) is 6.92 Å². The topological polar surface area (TPSA) is 66.7 Å². The van der Waals surface area contributed by atoms with Gasteiger partial charge in [0.05, 0.1) is 16.1 Å². The largest absolute Gasteiger partial charge is 0.417 e. The Balaban J connectivity index is 2.31. The number of rotatable bonds is 3. The Labute approximate surface area is 130 Å². The molecule has 0 unspecified atom stereocenters. The molecule has 9 heteroatoms. The van der Waals surface area contributed by atoms with Gasteiger partial charge in [0.2, 0.25) is 0 Å². The highest BCUT2D eigenvalue weighted by Gasteiger charge is 2.38. The number of nitrogens with zero attached hydrogens (tertiary/aromatic N) is 3. The number of nitro groups is 1. The number of non-ortho nitro benzene ring substituents is 1. The van der Waals surface area contributed by atoms with Crippen LogP contribution in [0.2, 0.25) is 0 Å². The summed E-state index contributed by atoms with van der Waals surface area (Å²) in [6.07, 6.45) is -4.83. The third-order valence-electron chi connectivity index (χ3n) is 3.86. The normalized spacial score (nSPS) is 16.4. The molecule has 23 heavy (non-hydrogen) atoms. The van der Waals surface area contributed by atoms with E-state index in [1.54, 1.807) is 0 Å². The van der Waals surface area contributed by atoms with Gasteiger partial charge in [-0.2, -0.15) is 13.2 Å². The summed E-state index contributed by atoms with van der Waals surface area (Å²) in [6.45, 7) is 4.64. The molecule has 0 radical (unpaired) electrons. The minimum absolute atomic E-state index is 0.334. The number of likely N-dealkylation sites (N-methyl/N-ethyl adjacent to an activating group) is 1. The lowest BCUT2D eigenvalue weighted by atomic mass is 10.0. The summed E-state index contributed by atoms with van der Waals surface area (Å²) < 4.78 is 39.4. The molecule has 0 aromatic heterocycles. The Hall–Kier alpha value is -2.16. The van der Waals surface area contributed by atoms with Gasteiger partial charge in [0, 0.05) is 38.3 Å². The number of piperazine rings is 1. The lowest BCUT2D eigenvalue weighted by Crippen LogP contribution is -2.48. The molecule has 0 spiro atoms. The fourth-order valence-corrected chi connectivity index (χ4v) is 2.50. The molecule has 0 bridgehead atoms. The van der Waals surface area contributed by atoms with Crippen molar-refractivity contribution in [3.8, 4) is 0 Å².